The maximum Gasteiger partial charge on any atom is 0.469 e. The minimum atomic E-state index is -4.83. The molecule has 0 unspecified atom stereocenters. The third kappa shape index (κ3) is 3.02. The molecule has 26 heavy (non-hydrogen) atoms. The number of fused-ring (bicyclic) bond motifs is 1. The van der Waals surface area contributed by atoms with Gasteiger partial charge in [-0.1, -0.05) is 0 Å². The van der Waals surface area contributed by atoms with Gasteiger partial charge >= 0.3 is 7.82 Å². The van der Waals surface area contributed by atoms with Crippen LogP contribution in [0.4, 0.5) is 5.95 Å². The zero-order valence-corrected chi connectivity index (χ0v) is 14.1. The number of aromatic nitrogens is 4. The number of imidazole rings is 1. The number of nitrogens with two attached hydrogens (primary N) is 1. The van der Waals surface area contributed by atoms with Gasteiger partial charge in [-0.15, -0.1) is 0 Å². The molecule has 15 heteroatoms. The zero-order chi connectivity index (χ0) is 19.3. The van der Waals surface area contributed by atoms with Crippen LogP contribution < -0.4 is 11.3 Å². The Labute approximate surface area is 144 Å². The van der Waals surface area contributed by atoms with E-state index in [0.717, 1.165) is 18.0 Å². The normalized spacial score (nSPS) is 29.5. The largest absolute Gasteiger partial charge is 0.469 e. The van der Waals surface area contributed by atoms with Crippen LogP contribution >= 0.6 is 7.82 Å². The highest BCUT2D eigenvalue weighted by Crippen LogP contribution is 2.41. The Balaban J connectivity index is 2.04. The molecule has 0 aliphatic carbocycles. The number of nitrogens with zero attached hydrogens (tertiary/aromatic N) is 3. The molecule has 14 nitrogen and oxygen atoms in total. The highest BCUT2D eigenvalue weighted by atomic mass is 31.2. The van der Waals surface area contributed by atoms with E-state index >= 15 is 0 Å². The lowest BCUT2D eigenvalue weighted by molar-refractivity contribution is -0.301. The molecule has 144 valence electrons. The molecule has 7 N–H and O–H groups in total. The molecular weight excluding hydrogens is 377 g/mol. The lowest BCUT2D eigenvalue weighted by atomic mass is 10.1. The van der Waals surface area contributed by atoms with Gasteiger partial charge in [0.1, 0.15) is 18.5 Å². The SMILES string of the molecule is CO[C@@]1(n2cnc3c(=O)[nH]c(N)nc32)O[C@H](COP(=O)(O)O)[C@@H](O)[C@H]1O. The van der Waals surface area contributed by atoms with Gasteiger partial charge in [-0.25, -0.2) is 9.55 Å². The van der Waals surface area contributed by atoms with Gasteiger partial charge < -0.3 is 35.2 Å². The summed E-state index contributed by atoms with van der Waals surface area (Å²) in [7, 11) is -3.69. The van der Waals surface area contributed by atoms with Gasteiger partial charge in [0, 0.05) is 7.11 Å². The van der Waals surface area contributed by atoms with Crippen molar-refractivity contribution in [1.82, 2.24) is 19.5 Å². The molecule has 1 fully saturated rings. The molecule has 0 radical (unpaired) electrons. The standard InChI is InChI=1S/C11H16N5O9P/c1-23-11(7(18)6(17)4(25-11)2-24-26(20,21)22)16-3-13-5-8(16)14-10(12)15-9(5)19/h3-4,6-7,17-18H,2H2,1H3,(H2,20,21,22)(H3,12,14,15,19)/t4-,6-,7-,11-/m1/s1. The van der Waals surface area contributed by atoms with Crippen molar-refractivity contribution >= 4 is 24.9 Å². The maximum atomic E-state index is 11.9. The maximum absolute atomic E-state index is 11.9. The van der Waals surface area contributed by atoms with Gasteiger partial charge in [0.15, 0.2) is 17.3 Å². The van der Waals surface area contributed by atoms with Crippen molar-refractivity contribution in [2.24, 2.45) is 0 Å². The number of hydrogen-bond donors (Lipinski definition) is 6. The lowest BCUT2D eigenvalue weighted by Gasteiger charge is -2.31. The monoisotopic (exact) mass is 393 g/mol. The second-order valence-electron chi connectivity index (χ2n) is 5.45. The van der Waals surface area contributed by atoms with E-state index in [9.17, 15) is 19.6 Å². The number of H-pyrrole nitrogens is 1. The summed E-state index contributed by atoms with van der Waals surface area (Å²) in [5.74, 6) is -2.32. The van der Waals surface area contributed by atoms with E-state index in [1.807, 2.05) is 0 Å². The number of aliphatic hydroxyl groups excluding tert-OH is 2. The first-order chi connectivity index (χ1) is 12.1. The molecule has 4 atom stereocenters. The number of nitrogens with one attached hydrogen (secondary N) is 1. The van der Waals surface area contributed by atoms with Crippen LogP contribution in [-0.4, -0.2) is 71.5 Å². The van der Waals surface area contributed by atoms with E-state index in [0.29, 0.717) is 0 Å². The van der Waals surface area contributed by atoms with Gasteiger partial charge in [0.05, 0.1) is 6.61 Å². The Morgan fingerprint density at radius 2 is 2.19 bits per heavy atom. The van der Waals surface area contributed by atoms with Crippen molar-refractivity contribution < 1.29 is 38.6 Å². The summed E-state index contributed by atoms with van der Waals surface area (Å²) >= 11 is 0. The highest BCUT2D eigenvalue weighted by Gasteiger charge is 2.57. The fourth-order valence-electron chi connectivity index (χ4n) is 2.70. The summed E-state index contributed by atoms with van der Waals surface area (Å²) in [5.41, 5.74) is 4.64. The third-order valence-corrected chi connectivity index (χ3v) is 4.34. The van der Waals surface area contributed by atoms with Gasteiger partial charge in [0.25, 0.3) is 11.5 Å². The Morgan fingerprint density at radius 3 is 2.81 bits per heavy atom. The minimum absolute atomic E-state index is 0.101. The van der Waals surface area contributed by atoms with Gasteiger partial charge in [-0.2, -0.15) is 4.98 Å². The van der Waals surface area contributed by atoms with Crippen molar-refractivity contribution in [2.75, 3.05) is 19.5 Å². The van der Waals surface area contributed by atoms with E-state index in [1.165, 1.54) is 0 Å². The first-order valence-corrected chi connectivity index (χ1v) is 8.64. The van der Waals surface area contributed by atoms with Crippen LogP contribution in [0.25, 0.3) is 11.2 Å². The van der Waals surface area contributed by atoms with Crippen LogP contribution in [-0.2, 0) is 24.5 Å². The Hall–Kier alpha value is -1.90. The number of methoxy groups -OCH3 is 1. The van der Waals surface area contributed by atoms with Crippen LogP contribution in [0.3, 0.4) is 0 Å². The summed E-state index contributed by atoms with van der Waals surface area (Å²) in [6, 6.07) is 0. The van der Waals surface area contributed by atoms with Gasteiger partial charge in [-0.3, -0.25) is 18.9 Å². The van der Waals surface area contributed by atoms with Gasteiger partial charge in [0.2, 0.25) is 5.95 Å². The predicted octanol–water partition coefficient (Wildman–Crippen LogP) is -2.81. The molecule has 0 saturated carbocycles. The molecule has 3 rings (SSSR count). The quantitative estimate of drug-likeness (QED) is 0.284. The predicted molar refractivity (Wildman–Crippen MR) is 82.4 cm³/mol. The molecule has 3 heterocycles. The van der Waals surface area contributed by atoms with Crippen molar-refractivity contribution in [3.63, 3.8) is 0 Å². The Bertz CT molecular complexity index is 924. The summed E-state index contributed by atoms with van der Waals surface area (Å²) in [6.07, 6.45) is -3.66. The van der Waals surface area contributed by atoms with Crippen LogP contribution in [0.5, 0.6) is 0 Å². The van der Waals surface area contributed by atoms with Crippen molar-refractivity contribution in [3.05, 3.63) is 16.7 Å². The number of anilines is 1. The second-order valence-corrected chi connectivity index (χ2v) is 6.69. The fraction of sp³-hybridized carbons (Fsp3) is 0.545. The molecule has 0 spiro atoms. The average Bonchev–Trinajstić information content (AvgIpc) is 3.07. The van der Waals surface area contributed by atoms with Gasteiger partial charge in [-0.05, 0) is 0 Å². The number of aliphatic hydroxyl groups is 2. The number of aromatic amines is 1. The zero-order valence-electron chi connectivity index (χ0n) is 13.2. The number of rotatable bonds is 5. The molecular formula is C11H16N5O9P. The van der Waals surface area contributed by atoms with Crippen LogP contribution in [0.2, 0.25) is 0 Å². The van der Waals surface area contributed by atoms with E-state index in [2.05, 4.69) is 19.5 Å². The molecule has 2 aromatic rings. The number of ether oxygens (including phenoxy) is 2. The third-order valence-electron chi connectivity index (χ3n) is 3.86. The lowest BCUT2D eigenvalue weighted by Crippen LogP contribution is -2.47. The van der Waals surface area contributed by atoms with E-state index in [1.54, 1.807) is 0 Å². The van der Waals surface area contributed by atoms with Crippen molar-refractivity contribution in [3.8, 4) is 0 Å². The molecule has 1 saturated heterocycles. The second kappa shape index (κ2) is 6.37. The van der Waals surface area contributed by atoms with Crippen molar-refractivity contribution in [1.29, 1.82) is 0 Å². The topological polar surface area (TPSA) is 215 Å². The summed E-state index contributed by atoms with van der Waals surface area (Å²) in [4.78, 5) is 39.5. The smallest absolute Gasteiger partial charge is 0.387 e. The molecule has 2 aromatic heterocycles. The number of nitrogen functional groups attached to an aromatic ring is 1. The molecule has 0 amide bonds. The summed E-state index contributed by atoms with van der Waals surface area (Å²) in [6.45, 7) is -0.740. The summed E-state index contributed by atoms with van der Waals surface area (Å²) in [5, 5.41) is 20.6. The van der Waals surface area contributed by atoms with Crippen LogP contribution in [0, 0.1) is 0 Å². The number of phosphoric ester groups is 1. The van der Waals surface area contributed by atoms with Crippen molar-refractivity contribution in [2.45, 2.75) is 24.2 Å². The fourth-order valence-corrected chi connectivity index (χ4v) is 3.04. The molecule has 1 aliphatic heterocycles. The number of hydrogen-bond acceptors (Lipinski definition) is 10. The van der Waals surface area contributed by atoms with Crippen LogP contribution in [0.1, 0.15) is 0 Å². The average molecular weight is 393 g/mol. The Morgan fingerprint density at radius 1 is 1.50 bits per heavy atom. The molecule has 0 aromatic carbocycles. The Kier molecular flexibility index (Phi) is 4.62. The van der Waals surface area contributed by atoms with E-state index in [-0.39, 0.29) is 17.1 Å². The highest BCUT2D eigenvalue weighted by molar-refractivity contribution is 7.46. The van der Waals surface area contributed by atoms with Crippen LogP contribution in [0.15, 0.2) is 11.1 Å². The molecule has 0 bridgehead atoms. The minimum Gasteiger partial charge on any atom is -0.387 e. The first-order valence-electron chi connectivity index (χ1n) is 7.11. The van der Waals surface area contributed by atoms with E-state index < -0.39 is 44.2 Å². The number of phosphoric acid groups is 1. The van der Waals surface area contributed by atoms with E-state index in [4.69, 9.17) is 25.0 Å². The summed E-state index contributed by atoms with van der Waals surface area (Å²) < 4.78 is 26.9. The first kappa shape index (κ1) is 18.9. The molecule has 1 aliphatic rings.